The number of piperidine rings is 1. The van der Waals surface area contributed by atoms with Crippen molar-refractivity contribution in [3.63, 3.8) is 0 Å². The number of anilines is 1. The molecular weight excluding hydrogens is 368 g/mol. The molecule has 0 aliphatic carbocycles. The fourth-order valence-electron chi connectivity index (χ4n) is 4.28. The summed E-state index contributed by atoms with van der Waals surface area (Å²) in [6.45, 7) is 1.84. The Hall–Kier alpha value is -3.13. The van der Waals surface area contributed by atoms with Crippen molar-refractivity contribution in [2.24, 2.45) is 0 Å². The van der Waals surface area contributed by atoms with Gasteiger partial charge in [0.1, 0.15) is 11.9 Å². The van der Waals surface area contributed by atoms with E-state index in [-0.39, 0.29) is 11.9 Å². The number of hydrogen-bond acceptors (Lipinski definition) is 7. The fourth-order valence-corrected chi connectivity index (χ4v) is 4.28. The molecule has 8 nitrogen and oxygen atoms in total. The zero-order chi connectivity index (χ0) is 20.0. The van der Waals surface area contributed by atoms with E-state index < -0.39 is 0 Å². The highest BCUT2D eigenvalue weighted by Gasteiger charge is 2.34. The number of phenolic OH excluding ortho intramolecular Hbond substituents is 1. The predicted molar refractivity (Wildman–Crippen MR) is 109 cm³/mol. The van der Waals surface area contributed by atoms with Gasteiger partial charge in [-0.2, -0.15) is 5.10 Å². The quantitative estimate of drug-likeness (QED) is 0.626. The number of fused-ring (bicyclic) bond motifs is 2. The number of hydrogen-bond donors (Lipinski definition) is 3. The van der Waals surface area contributed by atoms with Crippen molar-refractivity contribution in [1.29, 1.82) is 0 Å². The molecule has 3 atom stereocenters. The van der Waals surface area contributed by atoms with E-state index in [2.05, 4.69) is 20.6 Å². The van der Waals surface area contributed by atoms with Gasteiger partial charge in [-0.1, -0.05) is 0 Å². The average molecular weight is 392 g/mol. The van der Waals surface area contributed by atoms with Crippen molar-refractivity contribution in [1.82, 2.24) is 25.3 Å². The molecule has 0 spiro atoms. The highest BCUT2D eigenvalue weighted by atomic mass is 16.5. The van der Waals surface area contributed by atoms with Crippen molar-refractivity contribution in [3.05, 3.63) is 42.2 Å². The molecule has 0 saturated carbocycles. The van der Waals surface area contributed by atoms with E-state index in [0.717, 1.165) is 24.2 Å². The number of aromatic nitrogens is 4. The second kappa shape index (κ2) is 7.04. The van der Waals surface area contributed by atoms with E-state index in [1.54, 1.807) is 23.0 Å². The lowest BCUT2D eigenvalue weighted by molar-refractivity contribution is 0.130. The van der Waals surface area contributed by atoms with Crippen LogP contribution in [0.4, 0.5) is 5.69 Å². The number of nitrogens with two attached hydrogens (primary N) is 1. The summed E-state index contributed by atoms with van der Waals surface area (Å²) in [6, 6.07) is 10.1. The standard InChI is InChI=1S/C21H24N6O2/c1-12-18(22)11-27(26-12)15-4-5-17(20(28)10-15)19-6-7-21(25-24-19)29-16-8-13-2-3-14(9-16)23-13/h4-7,10-11,13-14,16,23,28H,2-3,8-9,22H2,1H3/t13-,14?,16?/m0/s1. The molecule has 1 aromatic carbocycles. The van der Waals surface area contributed by atoms with Gasteiger partial charge in [-0.05, 0) is 50.8 Å². The van der Waals surface area contributed by atoms with Gasteiger partial charge in [0.25, 0.3) is 0 Å². The SMILES string of the molecule is Cc1nn(-c2ccc(-c3ccc(OC4CC5CC[C@@H](C4)N5)nn3)c(O)c2)cc1N. The Kier molecular flexibility index (Phi) is 4.35. The van der Waals surface area contributed by atoms with Gasteiger partial charge in [-0.15, -0.1) is 10.2 Å². The molecule has 150 valence electrons. The summed E-state index contributed by atoms with van der Waals surface area (Å²) >= 11 is 0. The molecule has 2 saturated heterocycles. The van der Waals surface area contributed by atoms with E-state index in [1.807, 2.05) is 25.1 Å². The minimum Gasteiger partial charge on any atom is -0.507 e. The van der Waals surface area contributed by atoms with Crippen LogP contribution in [0.3, 0.4) is 0 Å². The number of phenols is 1. The summed E-state index contributed by atoms with van der Waals surface area (Å²) in [6.07, 6.45) is 6.40. The molecule has 2 bridgehead atoms. The van der Waals surface area contributed by atoms with Gasteiger partial charge < -0.3 is 20.9 Å². The van der Waals surface area contributed by atoms with Gasteiger partial charge in [-0.3, -0.25) is 0 Å². The molecule has 8 heteroatoms. The molecule has 3 aromatic rings. The molecule has 29 heavy (non-hydrogen) atoms. The Balaban J connectivity index is 1.32. The molecule has 0 amide bonds. The molecule has 2 aliphatic heterocycles. The van der Waals surface area contributed by atoms with Crippen LogP contribution in [0.15, 0.2) is 36.5 Å². The second-order valence-electron chi connectivity index (χ2n) is 7.92. The summed E-state index contributed by atoms with van der Waals surface area (Å²) < 4.78 is 7.69. The Morgan fingerprint density at radius 3 is 2.55 bits per heavy atom. The number of ether oxygens (including phenoxy) is 1. The minimum absolute atomic E-state index is 0.104. The monoisotopic (exact) mass is 392 g/mol. The van der Waals surface area contributed by atoms with Crippen LogP contribution in [0.25, 0.3) is 16.9 Å². The zero-order valence-corrected chi connectivity index (χ0v) is 16.2. The van der Waals surface area contributed by atoms with E-state index in [4.69, 9.17) is 10.5 Å². The smallest absolute Gasteiger partial charge is 0.233 e. The van der Waals surface area contributed by atoms with Crippen LogP contribution in [0, 0.1) is 6.92 Å². The summed E-state index contributed by atoms with van der Waals surface area (Å²) in [7, 11) is 0. The number of nitrogens with one attached hydrogen (secondary N) is 1. The van der Waals surface area contributed by atoms with Gasteiger partial charge in [0, 0.05) is 29.8 Å². The minimum atomic E-state index is 0.104. The number of benzene rings is 1. The maximum atomic E-state index is 10.5. The highest BCUT2D eigenvalue weighted by Crippen LogP contribution is 2.32. The normalized spacial score (nSPS) is 23.3. The van der Waals surface area contributed by atoms with Gasteiger partial charge in [0.05, 0.1) is 29.0 Å². The van der Waals surface area contributed by atoms with Crippen molar-refractivity contribution < 1.29 is 9.84 Å². The summed E-state index contributed by atoms with van der Waals surface area (Å²) in [4.78, 5) is 0. The van der Waals surface area contributed by atoms with Gasteiger partial charge in [-0.25, -0.2) is 4.68 Å². The maximum absolute atomic E-state index is 10.5. The first kappa shape index (κ1) is 17.9. The number of rotatable bonds is 4. The number of aromatic hydroxyl groups is 1. The Bertz CT molecular complexity index is 1000. The molecular formula is C21H24N6O2. The largest absolute Gasteiger partial charge is 0.507 e. The third-order valence-electron chi connectivity index (χ3n) is 5.82. The third kappa shape index (κ3) is 3.51. The van der Waals surface area contributed by atoms with Crippen LogP contribution in [0.2, 0.25) is 0 Å². The molecule has 4 N–H and O–H groups in total. The third-order valence-corrected chi connectivity index (χ3v) is 5.82. The molecule has 4 heterocycles. The lowest BCUT2D eigenvalue weighted by Crippen LogP contribution is -2.42. The first-order chi connectivity index (χ1) is 14.0. The van der Waals surface area contributed by atoms with E-state index >= 15 is 0 Å². The summed E-state index contributed by atoms with van der Waals surface area (Å²) in [5.41, 5.74) is 9.12. The highest BCUT2D eigenvalue weighted by molar-refractivity contribution is 5.68. The maximum Gasteiger partial charge on any atom is 0.233 e. The van der Waals surface area contributed by atoms with Crippen molar-refractivity contribution in [2.75, 3.05) is 5.73 Å². The van der Waals surface area contributed by atoms with Crippen LogP contribution in [0.1, 0.15) is 31.4 Å². The van der Waals surface area contributed by atoms with Crippen LogP contribution in [-0.4, -0.2) is 43.3 Å². The van der Waals surface area contributed by atoms with Gasteiger partial charge >= 0.3 is 0 Å². The van der Waals surface area contributed by atoms with E-state index in [0.29, 0.717) is 34.9 Å². The van der Waals surface area contributed by atoms with E-state index in [1.165, 1.54) is 12.8 Å². The number of aryl methyl sites for hydroxylation is 1. The predicted octanol–water partition coefficient (Wildman–Crippen LogP) is 2.59. The molecule has 2 aliphatic rings. The fraction of sp³-hybridized carbons (Fsp3) is 0.381. The lowest BCUT2D eigenvalue weighted by atomic mass is 10.0. The Labute approximate surface area is 168 Å². The first-order valence-electron chi connectivity index (χ1n) is 9.97. The van der Waals surface area contributed by atoms with Crippen LogP contribution in [0.5, 0.6) is 11.6 Å². The van der Waals surface area contributed by atoms with E-state index in [9.17, 15) is 5.11 Å². The van der Waals surface area contributed by atoms with Gasteiger partial charge in [0.2, 0.25) is 5.88 Å². The van der Waals surface area contributed by atoms with Crippen LogP contribution >= 0.6 is 0 Å². The average Bonchev–Trinajstić information content (AvgIpc) is 3.23. The number of nitrogens with zero attached hydrogens (tertiary/aromatic N) is 4. The number of nitrogen functional groups attached to an aromatic ring is 1. The summed E-state index contributed by atoms with van der Waals surface area (Å²) in [5.74, 6) is 0.630. The topological polar surface area (TPSA) is 111 Å². The lowest BCUT2D eigenvalue weighted by Gasteiger charge is -2.28. The molecule has 5 rings (SSSR count). The summed E-state index contributed by atoms with van der Waals surface area (Å²) in [5, 5.41) is 26.9. The van der Waals surface area contributed by atoms with Gasteiger partial charge in [0.15, 0.2) is 0 Å². The van der Waals surface area contributed by atoms with Crippen LogP contribution in [-0.2, 0) is 0 Å². The first-order valence-corrected chi connectivity index (χ1v) is 9.97. The van der Waals surface area contributed by atoms with Crippen molar-refractivity contribution in [3.8, 4) is 28.6 Å². The zero-order valence-electron chi connectivity index (χ0n) is 16.2. The molecule has 0 radical (unpaired) electrons. The second-order valence-corrected chi connectivity index (χ2v) is 7.92. The Morgan fingerprint density at radius 2 is 1.93 bits per heavy atom. The Morgan fingerprint density at radius 1 is 1.14 bits per heavy atom. The van der Waals surface area contributed by atoms with Crippen LogP contribution < -0.4 is 15.8 Å². The molecule has 2 aromatic heterocycles. The van der Waals surface area contributed by atoms with Crippen molar-refractivity contribution in [2.45, 2.75) is 50.8 Å². The molecule has 2 fully saturated rings. The molecule has 2 unspecified atom stereocenters. The van der Waals surface area contributed by atoms with Crippen molar-refractivity contribution >= 4 is 5.69 Å².